The zero-order valence-corrected chi connectivity index (χ0v) is 11.6. The third-order valence-corrected chi connectivity index (χ3v) is 3.36. The van der Waals surface area contributed by atoms with Gasteiger partial charge >= 0.3 is 0 Å². The van der Waals surface area contributed by atoms with Crippen molar-refractivity contribution in [3.63, 3.8) is 0 Å². The van der Waals surface area contributed by atoms with Crippen LogP contribution in [0.3, 0.4) is 0 Å². The molecule has 0 fully saturated rings. The summed E-state index contributed by atoms with van der Waals surface area (Å²) in [5.74, 6) is 0. The van der Waals surface area contributed by atoms with Crippen LogP contribution in [0.5, 0.6) is 0 Å². The van der Waals surface area contributed by atoms with Crippen LogP contribution in [-0.2, 0) is 19.4 Å². The molecule has 0 aliphatic heterocycles. The van der Waals surface area contributed by atoms with Crippen molar-refractivity contribution in [1.29, 1.82) is 0 Å². The summed E-state index contributed by atoms with van der Waals surface area (Å²) in [4.78, 5) is 0. The lowest BCUT2D eigenvalue weighted by molar-refractivity contribution is 0.275. The maximum Gasteiger partial charge on any atom is 0.112 e. The number of para-hydroxylation sites is 1. The molecule has 102 valence electrons. The third kappa shape index (κ3) is 2.84. The molecule has 1 aromatic carbocycles. The third-order valence-electron chi connectivity index (χ3n) is 3.36. The zero-order chi connectivity index (χ0) is 13.7. The Morgan fingerprint density at radius 2 is 2.00 bits per heavy atom. The largest absolute Gasteiger partial charge is 0.390 e. The van der Waals surface area contributed by atoms with Gasteiger partial charge in [0, 0.05) is 0 Å². The molecular formula is C15H21N3O. The average Bonchev–Trinajstić information content (AvgIpc) is 2.87. The fourth-order valence-electron chi connectivity index (χ4n) is 2.26. The lowest BCUT2D eigenvalue weighted by atomic mass is 10.1. The Morgan fingerprint density at radius 1 is 1.21 bits per heavy atom. The maximum absolute atomic E-state index is 9.39. The van der Waals surface area contributed by atoms with Crippen molar-refractivity contribution in [2.75, 3.05) is 0 Å². The van der Waals surface area contributed by atoms with Crippen molar-refractivity contribution in [3.05, 3.63) is 41.2 Å². The Morgan fingerprint density at radius 3 is 2.68 bits per heavy atom. The van der Waals surface area contributed by atoms with Crippen LogP contribution in [0.4, 0.5) is 0 Å². The first-order chi connectivity index (χ1) is 9.31. The normalized spacial score (nSPS) is 10.9. The minimum atomic E-state index is -0.0483. The summed E-state index contributed by atoms with van der Waals surface area (Å²) in [6, 6.07) is 8.22. The fourth-order valence-corrected chi connectivity index (χ4v) is 2.26. The first kappa shape index (κ1) is 13.7. The van der Waals surface area contributed by atoms with E-state index in [0.29, 0.717) is 5.69 Å². The molecule has 1 aromatic heterocycles. The molecule has 19 heavy (non-hydrogen) atoms. The number of rotatable bonds is 6. The van der Waals surface area contributed by atoms with E-state index < -0.39 is 0 Å². The predicted octanol–water partition coefficient (Wildman–Crippen LogP) is 2.66. The molecule has 0 spiro atoms. The van der Waals surface area contributed by atoms with Crippen molar-refractivity contribution >= 4 is 0 Å². The molecule has 1 heterocycles. The van der Waals surface area contributed by atoms with E-state index in [1.165, 1.54) is 5.56 Å². The van der Waals surface area contributed by atoms with Crippen LogP contribution in [-0.4, -0.2) is 20.1 Å². The SMILES string of the molecule is CCCCc1c(CO)nnn1-c1ccccc1CC. The molecule has 4 nitrogen and oxygen atoms in total. The van der Waals surface area contributed by atoms with E-state index in [-0.39, 0.29) is 6.61 Å². The Labute approximate surface area is 114 Å². The molecule has 0 saturated carbocycles. The smallest absolute Gasteiger partial charge is 0.112 e. The molecule has 0 aliphatic rings. The summed E-state index contributed by atoms with van der Waals surface area (Å²) in [7, 11) is 0. The number of aliphatic hydroxyl groups is 1. The van der Waals surface area contributed by atoms with E-state index in [4.69, 9.17) is 0 Å². The number of unbranched alkanes of at least 4 members (excludes halogenated alkanes) is 1. The molecule has 0 aliphatic carbocycles. The first-order valence-corrected chi connectivity index (χ1v) is 6.94. The average molecular weight is 259 g/mol. The second-order valence-electron chi connectivity index (χ2n) is 4.64. The van der Waals surface area contributed by atoms with E-state index in [2.05, 4.69) is 36.3 Å². The molecule has 2 aromatic rings. The number of nitrogens with zero attached hydrogens (tertiary/aromatic N) is 3. The predicted molar refractivity (Wildman–Crippen MR) is 75.3 cm³/mol. The van der Waals surface area contributed by atoms with Crippen LogP contribution in [0.2, 0.25) is 0 Å². The number of benzene rings is 1. The quantitative estimate of drug-likeness (QED) is 0.867. The standard InChI is InChI=1S/C15H21N3O/c1-3-5-9-15-13(11-19)16-17-18(15)14-10-7-6-8-12(14)4-2/h6-8,10,19H,3-5,9,11H2,1-2H3. The molecule has 0 unspecified atom stereocenters. The van der Waals surface area contributed by atoms with Crippen LogP contribution in [0.1, 0.15) is 43.6 Å². The lowest BCUT2D eigenvalue weighted by Crippen LogP contribution is -2.06. The fraction of sp³-hybridized carbons (Fsp3) is 0.467. The number of aryl methyl sites for hydroxylation is 1. The highest BCUT2D eigenvalue weighted by atomic mass is 16.3. The van der Waals surface area contributed by atoms with Crippen molar-refractivity contribution in [3.8, 4) is 5.69 Å². The Bertz CT molecular complexity index is 534. The summed E-state index contributed by atoms with van der Waals surface area (Å²) in [5, 5.41) is 17.7. The molecular weight excluding hydrogens is 238 g/mol. The van der Waals surface area contributed by atoms with Gasteiger partial charge in [-0.3, -0.25) is 0 Å². The van der Waals surface area contributed by atoms with Gasteiger partial charge < -0.3 is 5.11 Å². The van der Waals surface area contributed by atoms with E-state index in [9.17, 15) is 5.11 Å². The summed E-state index contributed by atoms with van der Waals surface area (Å²) in [5.41, 5.74) is 4.04. The summed E-state index contributed by atoms with van der Waals surface area (Å²) in [6.07, 6.45) is 4.05. The topological polar surface area (TPSA) is 50.9 Å². The number of aromatic nitrogens is 3. The van der Waals surface area contributed by atoms with Crippen molar-refractivity contribution in [2.24, 2.45) is 0 Å². The molecule has 1 N–H and O–H groups in total. The van der Waals surface area contributed by atoms with E-state index in [1.54, 1.807) is 0 Å². The number of aliphatic hydroxyl groups excluding tert-OH is 1. The summed E-state index contributed by atoms with van der Waals surface area (Å²) < 4.78 is 1.89. The monoisotopic (exact) mass is 259 g/mol. The zero-order valence-electron chi connectivity index (χ0n) is 11.6. The van der Waals surface area contributed by atoms with Crippen molar-refractivity contribution in [1.82, 2.24) is 15.0 Å². The molecule has 0 bridgehead atoms. The highest BCUT2D eigenvalue weighted by Gasteiger charge is 2.14. The Kier molecular flexibility index (Phi) is 4.68. The molecule has 0 amide bonds. The second kappa shape index (κ2) is 6.48. The van der Waals surface area contributed by atoms with Gasteiger partial charge in [-0.25, -0.2) is 4.68 Å². The second-order valence-corrected chi connectivity index (χ2v) is 4.64. The van der Waals surface area contributed by atoms with Gasteiger partial charge in [-0.05, 0) is 30.9 Å². The minimum absolute atomic E-state index is 0.0483. The van der Waals surface area contributed by atoms with Crippen LogP contribution < -0.4 is 0 Å². The Hall–Kier alpha value is -1.68. The molecule has 0 saturated heterocycles. The molecule has 4 heteroatoms. The maximum atomic E-state index is 9.39. The van der Waals surface area contributed by atoms with Gasteiger partial charge in [0.15, 0.2) is 0 Å². The minimum Gasteiger partial charge on any atom is -0.390 e. The molecule has 0 radical (unpaired) electrons. The van der Waals surface area contributed by atoms with Crippen LogP contribution in [0.25, 0.3) is 5.69 Å². The van der Waals surface area contributed by atoms with Gasteiger partial charge in [-0.2, -0.15) is 0 Å². The summed E-state index contributed by atoms with van der Waals surface area (Å²) in [6.45, 7) is 4.24. The van der Waals surface area contributed by atoms with Crippen LogP contribution in [0.15, 0.2) is 24.3 Å². The Balaban J connectivity index is 2.46. The van der Waals surface area contributed by atoms with Crippen LogP contribution in [0, 0.1) is 0 Å². The number of hydrogen-bond donors (Lipinski definition) is 1. The van der Waals surface area contributed by atoms with Crippen molar-refractivity contribution < 1.29 is 5.11 Å². The summed E-state index contributed by atoms with van der Waals surface area (Å²) >= 11 is 0. The lowest BCUT2D eigenvalue weighted by Gasteiger charge is -2.11. The van der Waals surface area contributed by atoms with Crippen LogP contribution >= 0.6 is 0 Å². The number of hydrogen-bond acceptors (Lipinski definition) is 3. The van der Waals surface area contributed by atoms with Gasteiger partial charge in [0.2, 0.25) is 0 Å². The highest BCUT2D eigenvalue weighted by molar-refractivity contribution is 5.41. The van der Waals surface area contributed by atoms with Gasteiger partial charge in [-0.1, -0.05) is 43.7 Å². The van der Waals surface area contributed by atoms with E-state index in [0.717, 1.165) is 37.1 Å². The van der Waals surface area contributed by atoms with E-state index in [1.807, 2.05) is 16.8 Å². The van der Waals surface area contributed by atoms with Gasteiger partial charge in [-0.15, -0.1) is 5.10 Å². The first-order valence-electron chi connectivity index (χ1n) is 6.94. The van der Waals surface area contributed by atoms with Gasteiger partial charge in [0.1, 0.15) is 5.69 Å². The highest BCUT2D eigenvalue weighted by Crippen LogP contribution is 2.19. The van der Waals surface area contributed by atoms with Crippen molar-refractivity contribution in [2.45, 2.75) is 46.1 Å². The van der Waals surface area contributed by atoms with Gasteiger partial charge in [0.25, 0.3) is 0 Å². The van der Waals surface area contributed by atoms with Gasteiger partial charge in [0.05, 0.1) is 18.0 Å². The molecule has 2 rings (SSSR count). The molecule has 0 atom stereocenters. The van der Waals surface area contributed by atoms with E-state index >= 15 is 0 Å².